The monoisotopic (exact) mass is 614 g/mol. The van der Waals surface area contributed by atoms with Crippen LogP contribution in [0.3, 0.4) is 0 Å². The number of methoxy groups -OCH3 is 1. The SMILES string of the molecule is COc1ccccc1CNCCCN1C(=O)c2ccc3c4c(ccc(c24)C1=O)C(=O)N(CCCNCCCNCCCN)C3=O. The van der Waals surface area contributed by atoms with Crippen LogP contribution in [0.15, 0.2) is 48.5 Å². The van der Waals surface area contributed by atoms with Crippen LogP contribution in [0.1, 0.15) is 72.7 Å². The summed E-state index contributed by atoms with van der Waals surface area (Å²) < 4.78 is 5.39. The third-order valence-corrected chi connectivity index (χ3v) is 8.31. The van der Waals surface area contributed by atoms with Crippen LogP contribution >= 0.6 is 0 Å². The summed E-state index contributed by atoms with van der Waals surface area (Å²) >= 11 is 0. The Morgan fingerprint density at radius 1 is 0.600 bits per heavy atom. The number of carbonyl (C=O) groups is 4. The number of benzene rings is 3. The summed E-state index contributed by atoms with van der Waals surface area (Å²) in [5.74, 6) is -0.825. The molecule has 2 aliphatic rings. The van der Waals surface area contributed by atoms with Crippen LogP contribution in [-0.2, 0) is 6.54 Å². The van der Waals surface area contributed by atoms with Gasteiger partial charge < -0.3 is 26.4 Å². The Balaban J connectivity index is 1.19. The van der Waals surface area contributed by atoms with Crippen molar-refractivity contribution in [1.29, 1.82) is 0 Å². The predicted molar refractivity (Wildman–Crippen MR) is 173 cm³/mol. The lowest BCUT2D eigenvalue weighted by molar-refractivity contribution is 0.0587. The molecule has 0 unspecified atom stereocenters. The Morgan fingerprint density at radius 2 is 1.04 bits per heavy atom. The molecule has 11 heteroatoms. The molecule has 4 amide bonds. The maximum absolute atomic E-state index is 13.5. The van der Waals surface area contributed by atoms with E-state index in [0.717, 1.165) is 43.8 Å². The molecule has 0 fully saturated rings. The minimum atomic E-state index is -0.413. The Kier molecular flexibility index (Phi) is 10.9. The van der Waals surface area contributed by atoms with Gasteiger partial charge in [0, 0.05) is 58.2 Å². The zero-order valence-corrected chi connectivity index (χ0v) is 25.8. The number of nitrogens with two attached hydrogens (primary N) is 1. The third kappa shape index (κ3) is 6.91. The van der Waals surface area contributed by atoms with Crippen LogP contribution in [0.25, 0.3) is 10.8 Å². The van der Waals surface area contributed by atoms with E-state index >= 15 is 0 Å². The van der Waals surface area contributed by atoms with Crippen LogP contribution < -0.4 is 26.4 Å². The highest BCUT2D eigenvalue weighted by Gasteiger charge is 2.39. The number of carbonyl (C=O) groups excluding carboxylic acids is 4. The third-order valence-electron chi connectivity index (χ3n) is 8.31. The quantitative estimate of drug-likeness (QED) is 0.125. The fourth-order valence-electron chi connectivity index (χ4n) is 5.99. The highest BCUT2D eigenvalue weighted by molar-refractivity contribution is 6.33. The molecule has 11 nitrogen and oxygen atoms in total. The average molecular weight is 615 g/mol. The molecule has 0 spiro atoms. The van der Waals surface area contributed by atoms with Gasteiger partial charge >= 0.3 is 0 Å². The van der Waals surface area contributed by atoms with E-state index in [-0.39, 0.29) is 13.1 Å². The normalized spacial score (nSPS) is 14.2. The van der Waals surface area contributed by atoms with E-state index in [4.69, 9.17) is 10.5 Å². The number of para-hydroxylation sites is 1. The van der Waals surface area contributed by atoms with Gasteiger partial charge in [0.1, 0.15) is 5.75 Å². The van der Waals surface area contributed by atoms with Gasteiger partial charge in [-0.1, -0.05) is 18.2 Å². The summed E-state index contributed by atoms with van der Waals surface area (Å²) in [5.41, 5.74) is 7.88. The van der Waals surface area contributed by atoms with E-state index in [1.165, 1.54) is 9.80 Å². The first-order valence-electron chi connectivity index (χ1n) is 15.7. The molecule has 238 valence electrons. The number of nitrogens with zero attached hydrogens (tertiary/aromatic N) is 2. The van der Waals surface area contributed by atoms with Crippen molar-refractivity contribution in [2.75, 3.05) is 59.5 Å². The van der Waals surface area contributed by atoms with Crippen LogP contribution in [-0.4, -0.2) is 92.9 Å². The Labute approximate surface area is 263 Å². The van der Waals surface area contributed by atoms with E-state index in [0.29, 0.717) is 72.0 Å². The number of nitrogens with one attached hydrogen (secondary N) is 3. The molecule has 5 rings (SSSR count). The molecule has 45 heavy (non-hydrogen) atoms. The highest BCUT2D eigenvalue weighted by Crippen LogP contribution is 2.37. The number of hydrogen-bond donors (Lipinski definition) is 4. The van der Waals surface area contributed by atoms with Crippen molar-refractivity contribution in [1.82, 2.24) is 25.8 Å². The summed E-state index contributed by atoms with van der Waals surface area (Å²) in [6.07, 6.45) is 3.11. The second kappa shape index (κ2) is 15.2. The first-order chi connectivity index (χ1) is 22.0. The molecule has 0 aliphatic carbocycles. The number of rotatable bonds is 18. The van der Waals surface area contributed by atoms with Gasteiger partial charge in [-0.15, -0.1) is 0 Å². The molecule has 0 aromatic heterocycles. The highest BCUT2D eigenvalue weighted by atomic mass is 16.5. The molecule has 3 aromatic rings. The zero-order chi connectivity index (χ0) is 31.8. The molecule has 0 saturated heterocycles. The zero-order valence-electron chi connectivity index (χ0n) is 25.8. The average Bonchev–Trinajstić information content (AvgIpc) is 3.06. The molecule has 0 saturated carbocycles. The van der Waals surface area contributed by atoms with Crippen LogP contribution in [0, 0.1) is 0 Å². The van der Waals surface area contributed by atoms with Crippen molar-refractivity contribution in [3.63, 3.8) is 0 Å². The summed E-state index contributed by atoms with van der Waals surface area (Å²) in [4.78, 5) is 56.5. The number of imide groups is 2. The molecular weight excluding hydrogens is 572 g/mol. The first-order valence-corrected chi connectivity index (χ1v) is 15.7. The second-order valence-electron chi connectivity index (χ2n) is 11.3. The Hall–Kier alpha value is -4.16. The molecule has 0 bridgehead atoms. The maximum Gasteiger partial charge on any atom is 0.261 e. The maximum atomic E-state index is 13.5. The number of ether oxygens (including phenoxy) is 1. The van der Waals surface area contributed by atoms with Gasteiger partial charge in [0.25, 0.3) is 23.6 Å². The van der Waals surface area contributed by atoms with Crippen molar-refractivity contribution in [3.8, 4) is 5.75 Å². The van der Waals surface area contributed by atoms with Crippen molar-refractivity contribution in [3.05, 3.63) is 76.3 Å². The smallest absolute Gasteiger partial charge is 0.261 e. The van der Waals surface area contributed by atoms with Crippen molar-refractivity contribution < 1.29 is 23.9 Å². The lowest BCUT2D eigenvalue weighted by Gasteiger charge is -2.32. The summed E-state index contributed by atoms with van der Waals surface area (Å²) in [6.45, 7) is 5.73. The molecule has 3 aromatic carbocycles. The standard InChI is InChI=1S/C34H42N6O5/c1-45-28-9-3-2-8-23(28)22-38-19-7-21-40-33(43)26-12-10-24-29-25(11-13-27(30(26)29)34(40)44)32(42)39(31(24)41)20-6-18-37-17-5-16-36-15-4-14-35/h2-3,8-13,36-38H,4-7,14-22,35H2,1H3. The molecular formula is C34H42N6O5. The van der Waals surface area contributed by atoms with Gasteiger partial charge in [-0.05, 0) is 95.3 Å². The van der Waals surface area contributed by atoms with Gasteiger partial charge in [-0.25, -0.2) is 0 Å². The molecule has 0 atom stereocenters. The van der Waals surface area contributed by atoms with Crippen molar-refractivity contribution in [2.24, 2.45) is 5.73 Å². The van der Waals surface area contributed by atoms with Crippen LogP contribution in [0.2, 0.25) is 0 Å². The largest absolute Gasteiger partial charge is 0.496 e. The van der Waals surface area contributed by atoms with Gasteiger partial charge in [-0.2, -0.15) is 0 Å². The van der Waals surface area contributed by atoms with Crippen LogP contribution in [0.5, 0.6) is 5.75 Å². The van der Waals surface area contributed by atoms with Crippen LogP contribution in [0.4, 0.5) is 0 Å². The van der Waals surface area contributed by atoms with Gasteiger partial charge in [0.2, 0.25) is 0 Å². The Bertz CT molecular complexity index is 1500. The van der Waals surface area contributed by atoms with E-state index in [1.54, 1.807) is 31.4 Å². The van der Waals surface area contributed by atoms with Gasteiger partial charge in [0.15, 0.2) is 0 Å². The Morgan fingerprint density at radius 3 is 1.53 bits per heavy atom. The van der Waals surface area contributed by atoms with Gasteiger partial charge in [-0.3, -0.25) is 29.0 Å². The summed E-state index contributed by atoms with van der Waals surface area (Å²) in [6, 6.07) is 14.2. The van der Waals surface area contributed by atoms with Crippen molar-refractivity contribution in [2.45, 2.75) is 32.2 Å². The summed E-state index contributed by atoms with van der Waals surface area (Å²) in [5, 5.41) is 10.8. The summed E-state index contributed by atoms with van der Waals surface area (Å²) in [7, 11) is 1.63. The molecule has 0 radical (unpaired) electrons. The van der Waals surface area contributed by atoms with E-state index in [9.17, 15) is 19.2 Å². The number of hydrogen-bond acceptors (Lipinski definition) is 9. The molecule has 5 N–H and O–H groups in total. The van der Waals surface area contributed by atoms with E-state index < -0.39 is 23.6 Å². The predicted octanol–water partition coefficient (Wildman–Crippen LogP) is 2.53. The number of amides is 4. The van der Waals surface area contributed by atoms with Crippen molar-refractivity contribution >= 4 is 34.4 Å². The topological polar surface area (TPSA) is 146 Å². The first kappa shape index (κ1) is 32.2. The van der Waals surface area contributed by atoms with E-state index in [2.05, 4.69) is 16.0 Å². The lowest BCUT2D eigenvalue weighted by atomic mass is 9.86. The fraction of sp³-hybridized carbons (Fsp3) is 0.412. The second-order valence-corrected chi connectivity index (χ2v) is 11.3. The minimum absolute atomic E-state index is 0.242. The molecule has 2 heterocycles. The van der Waals surface area contributed by atoms with Gasteiger partial charge in [0.05, 0.1) is 7.11 Å². The van der Waals surface area contributed by atoms with E-state index in [1.807, 2.05) is 24.3 Å². The fourth-order valence-corrected chi connectivity index (χ4v) is 5.99. The lowest BCUT2D eigenvalue weighted by Crippen LogP contribution is -2.44. The minimum Gasteiger partial charge on any atom is -0.496 e. The molecule has 2 aliphatic heterocycles.